The average molecular weight is 371 g/mol. The van der Waals surface area contributed by atoms with E-state index in [1.165, 1.54) is 44.9 Å². The molecule has 26 heavy (non-hydrogen) atoms. The molecule has 0 radical (unpaired) electrons. The SMILES string of the molecule is CCCCCCCCC(C)OC(=O)CCCCC(=O)OCCCCCC. The van der Waals surface area contributed by atoms with Gasteiger partial charge < -0.3 is 9.47 Å². The maximum atomic E-state index is 11.8. The first-order valence-corrected chi connectivity index (χ1v) is 10.9. The minimum absolute atomic E-state index is 0.00163. The molecule has 0 saturated carbocycles. The van der Waals surface area contributed by atoms with Gasteiger partial charge in [-0.1, -0.05) is 65.2 Å². The topological polar surface area (TPSA) is 52.6 Å². The van der Waals surface area contributed by atoms with Crippen LogP contribution in [0.1, 0.15) is 117 Å². The van der Waals surface area contributed by atoms with Crippen LogP contribution in [0.25, 0.3) is 0 Å². The molecule has 0 bridgehead atoms. The van der Waals surface area contributed by atoms with Crippen molar-refractivity contribution < 1.29 is 19.1 Å². The molecule has 154 valence electrons. The minimum Gasteiger partial charge on any atom is -0.466 e. The van der Waals surface area contributed by atoms with E-state index in [0.29, 0.717) is 32.3 Å². The van der Waals surface area contributed by atoms with E-state index < -0.39 is 0 Å². The summed E-state index contributed by atoms with van der Waals surface area (Å²) in [6.07, 6.45) is 15.1. The lowest BCUT2D eigenvalue weighted by Gasteiger charge is -2.13. The van der Waals surface area contributed by atoms with Crippen LogP contribution in [0, 0.1) is 0 Å². The lowest BCUT2D eigenvalue weighted by molar-refractivity contribution is -0.149. The quantitative estimate of drug-likeness (QED) is 0.208. The first-order chi connectivity index (χ1) is 12.6. The maximum Gasteiger partial charge on any atom is 0.306 e. The molecule has 0 aromatic rings. The average Bonchev–Trinajstić information content (AvgIpc) is 2.61. The molecule has 4 nitrogen and oxygen atoms in total. The van der Waals surface area contributed by atoms with Crippen LogP contribution in [0.3, 0.4) is 0 Å². The zero-order valence-corrected chi connectivity index (χ0v) is 17.5. The van der Waals surface area contributed by atoms with Crippen molar-refractivity contribution in [1.29, 1.82) is 0 Å². The summed E-state index contributed by atoms with van der Waals surface area (Å²) in [6.45, 7) is 6.88. The Morgan fingerprint density at radius 1 is 0.692 bits per heavy atom. The highest BCUT2D eigenvalue weighted by atomic mass is 16.5. The molecule has 0 aliphatic carbocycles. The molecule has 0 spiro atoms. The van der Waals surface area contributed by atoms with E-state index >= 15 is 0 Å². The molecule has 1 atom stereocenters. The number of hydrogen-bond donors (Lipinski definition) is 0. The molecule has 0 heterocycles. The third-order valence-electron chi connectivity index (χ3n) is 4.57. The Morgan fingerprint density at radius 3 is 1.88 bits per heavy atom. The highest BCUT2D eigenvalue weighted by Gasteiger charge is 2.10. The molecule has 1 unspecified atom stereocenters. The van der Waals surface area contributed by atoms with Gasteiger partial charge in [0.05, 0.1) is 12.7 Å². The number of hydrogen-bond acceptors (Lipinski definition) is 4. The number of rotatable bonds is 18. The van der Waals surface area contributed by atoms with Gasteiger partial charge >= 0.3 is 11.9 Å². The number of ether oxygens (including phenoxy) is 2. The zero-order chi connectivity index (χ0) is 19.5. The van der Waals surface area contributed by atoms with Crippen LogP contribution in [0.4, 0.5) is 0 Å². The summed E-state index contributed by atoms with van der Waals surface area (Å²) in [6, 6.07) is 0. The zero-order valence-electron chi connectivity index (χ0n) is 17.5. The molecule has 0 fully saturated rings. The Bertz CT molecular complexity index is 341. The van der Waals surface area contributed by atoms with Crippen LogP contribution in [0.15, 0.2) is 0 Å². The summed E-state index contributed by atoms with van der Waals surface area (Å²) in [5.41, 5.74) is 0. The third kappa shape index (κ3) is 17.8. The smallest absolute Gasteiger partial charge is 0.306 e. The normalized spacial score (nSPS) is 12.0. The lowest BCUT2D eigenvalue weighted by Crippen LogP contribution is -2.14. The summed E-state index contributed by atoms with van der Waals surface area (Å²) in [5.74, 6) is -0.289. The van der Waals surface area contributed by atoms with Crippen molar-refractivity contribution in [3.8, 4) is 0 Å². The van der Waals surface area contributed by atoms with Crippen molar-refractivity contribution >= 4 is 11.9 Å². The molecule has 0 N–H and O–H groups in total. The minimum atomic E-state index is -0.147. The van der Waals surface area contributed by atoms with Gasteiger partial charge in [-0.2, -0.15) is 0 Å². The van der Waals surface area contributed by atoms with E-state index in [9.17, 15) is 9.59 Å². The second kappa shape index (κ2) is 18.7. The van der Waals surface area contributed by atoms with Crippen molar-refractivity contribution in [3.05, 3.63) is 0 Å². The Kier molecular flexibility index (Phi) is 18.0. The van der Waals surface area contributed by atoms with Gasteiger partial charge in [-0.15, -0.1) is 0 Å². The van der Waals surface area contributed by atoms with Gasteiger partial charge in [0.15, 0.2) is 0 Å². The molecule has 0 aromatic carbocycles. The van der Waals surface area contributed by atoms with E-state index in [4.69, 9.17) is 9.47 Å². The number of esters is 2. The van der Waals surface area contributed by atoms with Crippen molar-refractivity contribution in [2.45, 2.75) is 123 Å². The van der Waals surface area contributed by atoms with Crippen LogP contribution in [0.2, 0.25) is 0 Å². The van der Waals surface area contributed by atoms with Gasteiger partial charge in [-0.05, 0) is 39.0 Å². The van der Waals surface area contributed by atoms with Crippen LogP contribution in [-0.4, -0.2) is 24.6 Å². The van der Waals surface area contributed by atoms with Crippen molar-refractivity contribution in [1.82, 2.24) is 0 Å². The summed E-state index contributed by atoms with van der Waals surface area (Å²) >= 11 is 0. The highest BCUT2D eigenvalue weighted by Crippen LogP contribution is 2.12. The summed E-state index contributed by atoms with van der Waals surface area (Å²) in [5, 5.41) is 0. The second-order valence-electron chi connectivity index (χ2n) is 7.35. The van der Waals surface area contributed by atoms with E-state index in [2.05, 4.69) is 13.8 Å². The molecular formula is C22H42O4. The monoisotopic (exact) mass is 370 g/mol. The molecule has 0 amide bonds. The standard InChI is InChI=1S/C22H42O4/c1-4-6-8-10-11-12-16-20(3)26-22(24)18-14-13-17-21(23)25-19-15-9-7-5-2/h20H,4-19H2,1-3H3. The fourth-order valence-electron chi connectivity index (χ4n) is 2.88. The molecule has 0 aliphatic rings. The van der Waals surface area contributed by atoms with Crippen LogP contribution >= 0.6 is 0 Å². The van der Waals surface area contributed by atoms with Crippen LogP contribution < -0.4 is 0 Å². The van der Waals surface area contributed by atoms with Crippen LogP contribution in [0.5, 0.6) is 0 Å². The predicted molar refractivity (Wildman–Crippen MR) is 107 cm³/mol. The molecular weight excluding hydrogens is 328 g/mol. The number of carbonyl (C=O) groups excluding carboxylic acids is 2. The Morgan fingerprint density at radius 2 is 1.23 bits per heavy atom. The second-order valence-corrected chi connectivity index (χ2v) is 7.35. The van der Waals surface area contributed by atoms with Gasteiger partial charge in [0.1, 0.15) is 0 Å². The largest absolute Gasteiger partial charge is 0.466 e. The number of unbranched alkanes of at least 4 members (excludes halogenated alkanes) is 9. The Balaban J connectivity index is 3.48. The predicted octanol–water partition coefficient (Wildman–Crippen LogP) is 6.35. The van der Waals surface area contributed by atoms with E-state index in [0.717, 1.165) is 25.7 Å². The fraction of sp³-hybridized carbons (Fsp3) is 0.909. The van der Waals surface area contributed by atoms with Crippen molar-refractivity contribution in [2.75, 3.05) is 6.61 Å². The van der Waals surface area contributed by atoms with Crippen LogP contribution in [-0.2, 0) is 19.1 Å². The lowest BCUT2D eigenvalue weighted by atomic mass is 10.1. The highest BCUT2D eigenvalue weighted by molar-refractivity contribution is 5.70. The van der Waals surface area contributed by atoms with Gasteiger partial charge in [0.25, 0.3) is 0 Å². The number of carbonyl (C=O) groups is 2. The Labute approximate surface area is 161 Å². The van der Waals surface area contributed by atoms with E-state index in [-0.39, 0.29) is 18.0 Å². The molecule has 0 aromatic heterocycles. The van der Waals surface area contributed by atoms with Gasteiger partial charge in [-0.25, -0.2) is 0 Å². The third-order valence-corrected chi connectivity index (χ3v) is 4.57. The first kappa shape index (κ1) is 24.9. The molecule has 4 heteroatoms. The maximum absolute atomic E-state index is 11.8. The van der Waals surface area contributed by atoms with Gasteiger partial charge in [-0.3, -0.25) is 9.59 Å². The van der Waals surface area contributed by atoms with E-state index in [1.807, 2.05) is 6.92 Å². The van der Waals surface area contributed by atoms with Gasteiger partial charge in [0, 0.05) is 12.8 Å². The molecule has 0 saturated heterocycles. The van der Waals surface area contributed by atoms with E-state index in [1.54, 1.807) is 0 Å². The summed E-state index contributed by atoms with van der Waals surface area (Å²) in [7, 11) is 0. The Hall–Kier alpha value is -1.06. The van der Waals surface area contributed by atoms with Gasteiger partial charge in [0.2, 0.25) is 0 Å². The van der Waals surface area contributed by atoms with Crippen molar-refractivity contribution in [2.24, 2.45) is 0 Å². The summed E-state index contributed by atoms with van der Waals surface area (Å²) in [4.78, 5) is 23.4. The molecule has 0 aliphatic heterocycles. The fourth-order valence-corrected chi connectivity index (χ4v) is 2.88. The molecule has 0 rings (SSSR count). The van der Waals surface area contributed by atoms with Crippen molar-refractivity contribution in [3.63, 3.8) is 0 Å². The summed E-state index contributed by atoms with van der Waals surface area (Å²) < 4.78 is 10.6. The first-order valence-electron chi connectivity index (χ1n) is 10.9.